The second-order valence-electron chi connectivity index (χ2n) is 10.9. The van der Waals surface area contributed by atoms with E-state index in [1.807, 2.05) is 48.2 Å². The van der Waals surface area contributed by atoms with E-state index in [2.05, 4.69) is 0 Å². The molecule has 7 rings (SSSR count). The van der Waals surface area contributed by atoms with Gasteiger partial charge in [0.25, 0.3) is 5.69 Å². The topological polar surface area (TPSA) is 97.6 Å². The summed E-state index contributed by atoms with van der Waals surface area (Å²) in [4.78, 5) is 57.2. The molecule has 4 aromatic carbocycles. The first-order valence-corrected chi connectivity index (χ1v) is 13.4. The Kier molecular flexibility index (Phi) is 5.41. The van der Waals surface area contributed by atoms with E-state index in [-0.39, 0.29) is 23.0 Å². The lowest BCUT2D eigenvalue weighted by molar-refractivity contribution is -0.384. The highest BCUT2D eigenvalue weighted by Gasteiger charge is 2.71. The second-order valence-corrected chi connectivity index (χ2v) is 10.9. The number of ketones is 3. The molecule has 0 radical (unpaired) electrons. The molecule has 3 aliphatic rings. The largest absolute Gasteiger partial charge is 0.352 e. The molecule has 0 unspecified atom stereocenters. The van der Waals surface area contributed by atoms with Crippen LogP contribution in [0.1, 0.15) is 53.7 Å². The molecule has 0 bridgehead atoms. The van der Waals surface area contributed by atoms with Crippen molar-refractivity contribution in [2.45, 2.75) is 24.9 Å². The summed E-state index contributed by atoms with van der Waals surface area (Å²) < 4.78 is 0. The number of Topliss-reactive ketones (excluding diaryl/α,β-unsaturated/α-hetero) is 3. The van der Waals surface area contributed by atoms with Crippen molar-refractivity contribution in [3.8, 4) is 0 Å². The van der Waals surface area contributed by atoms with Crippen LogP contribution in [0.3, 0.4) is 0 Å². The van der Waals surface area contributed by atoms with Crippen molar-refractivity contribution in [3.63, 3.8) is 0 Å². The molecule has 41 heavy (non-hydrogen) atoms. The van der Waals surface area contributed by atoms with Crippen molar-refractivity contribution < 1.29 is 19.3 Å². The van der Waals surface area contributed by atoms with Crippen LogP contribution in [0.25, 0.3) is 6.08 Å². The number of nitrogens with zero attached hydrogens (tertiary/aromatic N) is 2. The highest BCUT2D eigenvalue weighted by Crippen LogP contribution is 2.61. The number of nitro groups is 1. The normalized spacial score (nSPS) is 21.5. The summed E-state index contributed by atoms with van der Waals surface area (Å²) in [5, 5.41) is 11.9. The van der Waals surface area contributed by atoms with Gasteiger partial charge in [-0.2, -0.15) is 0 Å². The van der Waals surface area contributed by atoms with E-state index in [9.17, 15) is 24.5 Å². The molecule has 4 aromatic rings. The van der Waals surface area contributed by atoms with Gasteiger partial charge in [0.1, 0.15) is 11.5 Å². The molecule has 0 saturated carbocycles. The van der Waals surface area contributed by atoms with Crippen LogP contribution in [0.15, 0.2) is 103 Å². The molecule has 7 heteroatoms. The van der Waals surface area contributed by atoms with E-state index < -0.39 is 28.3 Å². The van der Waals surface area contributed by atoms with Crippen LogP contribution < -0.4 is 4.90 Å². The smallest absolute Gasteiger partial charge is 0.269 e. The van der Waals surface area contributed by atoms with Gasteiger partial charge < -0.3 is 4.90 Å². The summed E-state index contributed by atoms with van der Waals surface area (Å²) in [5.74, 6) is -1.99. The van der Waals surface area contributed by atoms with E-state index in [0.717, 1.165) is 16.8 Å². The fourth-order valence-corrected chi connectivity index (χ4v) is 7.05. The Balaban J connectivity index is 1.57. The van der Waals surface area contributed by atoms with Gasteiger partial charge in [0.2, 0.25) is 0 Å². The van der Waals surface area contributed by atoms with Crippen molar-refractivity contribution >= 4 is 34.8 Å². The number of carbonyl (C=O) groups excluding carboxylic acids is 3. The minimum absolute atomic E-state index is 0.171. The van der Waals surface area contributed by atoms with Gasteiger partial charge in [0.05, 0.1) is 11.0 Å². The Morgan fingerprint density at radius 3 is 2.22 bits per heavy atom. The number of hydrogen-bond acceptors (Lipinski definition) is 6. The number of fused-ring (bicyclic) bond motifs is 5. The van der Waals surface area contributed by atoms with Crippen LogP contribution in [0.4, 0.5) is 11.4 Å². The molecule has 0 aromatic heterocycles. The summed E-state index contributed by atoms with van der Waals surface area (Å²) in [6, 6.07) is 25.7. The summed E-state index contributed by atoms with van der Waals surface area (Å²) in [7, 11) is 0. The van der Waals surface area contributed by atoms with Gasteiger partial charge in [-0.1, -0.05) is 91.0 Å². The van der Waals surface area contributed by atoms with E-state index in [1.54, 1.807) is 60.7 Å². The van der Waals surface area contributed by atoms with E-state index in [1.165, 1.54) is 12.1 Å². The SMILES string of the molecule is Cc1ccc2c(c1)N1[C@H](C(=O)c3ccccc3)[C@H](c3cccc([N+](=O)[O-])c3)C3(C(=O)c4ccccc4C3=O)[C@@H]1C=C2. The molecule has 7 nitrogen and oxygen atoms in total. The number of benzene rings is 4. The summed E-state index contributed by atoms with van der Waals surface area (Å²) in [6.45, 7) is 1.95. The number of nitro benzene ring substituents is 1. The Hall–Kier alpha value is -5.17. The average molecular weight is 541 g/mol. The third-order valence-electron chi connectivity index (χ3n) is 8.73. The molecule has 1 spiro atoms. The van der Waals surface area contributed by atoms with Gasteiger partial charge in [-0.05, 0) is 29.7 Å². The number of carbonyl (C=O) groups is 3. The van der Waals surface area contributed by atoms with Gasteiger partial charge >= 0.3 is 0 Å². The predicted octanol–water partition coefficient (Wildman–Crippen LogP) is 6.22. The van der Waals surface area contributed by atoms with Crippen LogP contribution in [-0.4, -0.2) is 34.4 Å². The molecule has 1 fully saturated rings. The van der Waals surface area contributed by atoms with E-state index >= 15 is 0 Å². The number of non-ortho nitro benzene ring substituents is 1. The molecule has 200 valence electrons. The number of rotatable bonds is 4. The quantitative estimate of drug-likeness (QED) is 0.132. The number of hydrogen-bond donors (Lipinski definition) is 0. The molecular weight excluding hydrogens is 516 g/mol. The van der Waals surface area contributed by atoms with Crippen molar-refractivity contribution in [3.05, 3.63) is 147 Å². The summed E-state index contributed by atoms with van der Waals surface area (Å²) >= 11 is 0. The molecule has 1 aliphatic carbocycles. The summed E-state index contributed by atoms with van der Waals surface area (Å²) in [5.41, 5.74) is 2.15. The van der Waals surface area contributed by atoms with Crippen LogP contribution in [0, 0.1) is 22.5 Å². The first-order valence-electron chi connectivity index (χ1n) is 13.4. The first kappa shape index (κ1) is 24.8. The van der Waals surface area contributed by atoms with E-state index in [4.69, 9.17) is 0 Å². The molecule has 1 saturated heterocycles. The maximum absolute atomic E-state index is 14.6. The van der Waals surface area contributed by atoms with Crippen LogP contribution >= 0.6 is 0 Å². The second kappa shape index (κ2) is 8.93. The van der Waals surface area contributed by atoms with Gasteiger partial charge in [0, 0.05) is 40.4 Å². The lowest BCUT2D eigenvalue weighted by Crippen LogP contribution is -2.48. The maximum Gasteiger partial charge on any atom is 0.269 e. The molecule has 0 amide bonds. The Labute approximate surface area is 235 Å². The van der Waals surface area contributed by atoms with Gasteiger partial charge in [-0.3, -0.25) is 24.5 Å². The Morgan fingerprint density at radius 1 is 0.854 bits per heavy atom. The Morgan fingerprint density at radius 2 is 1.54 bits per heavy atom. The minimum atomic E-state index is -1.70. The van der Waals surface area contributed by atoms with Gasteiger partial charge in [-0.15, -0.1) is 0 Å². The number of aryl methyl sites for hydroxylation is 1. The predicted molar refractivity (Wildman–Crippen MR) is 154 cm³/mol. The molecule has 2 heterocycles. The lowest BCUT2D eigenvalue weighted by Gasteiger charge is -2.37. The van der Waals surface area contributed by atoms with Crippen molar-refractivity contribution in [1.29, 1.82) is 0 Å². The molecular formula is C34H24N2O5. The molecule has 3 atom stereocenters. The van der Waals surface area contributed by atoms with Crippen molar-refractivity contribution in [1.82, 2.24) is 0 Å². The zero-order chi connectivity index (χ0) is 28.5. The summed E-state index contributed by atoms with van der Waals surface area (Å²) in [6.07, 6.45) is 3.75. The number of anilines is 1. The van der Waals surface area contributed by atoms with Crippen LogP contribution in [0.5, 0.6) is 0 Å². The van der Waals surface area contributed by atoms with Crippen molar-refractivity contribution in [2.24, 2.45) is 5.41 Å². The monoisotopic (exact) mass is 540 g/mol. The highest BCUT2D eigenvalue weighted by atomic mass is 16.6. The average Bonchev–Trinajstić information content (AvgIpc) is 3.43. The first-order chi connectivity index (χ1) is 19.8. The van der Waals surface area contributed by atoms with Gasteiger partial charge in [-0.25, -0.2) is 0 Å². The standard InChI is InChI=1S/C34H24N2O5/c1-20-14-15-21-16-17-28-34(32(38)25-12-5-6-13-26(25)33(34)39)29(23-10-7-11-24(19-23)36(40)41)30(35(28)27(21)18-20)31(37)22-8-3-2-4-9-22/h2-19,28-30H,1H3/t28-,29-,30-/m0/s1. The fraction of sp³-hybridized carbons (Fsp3) is 0.147. The third-order valence-corrected chi connectivity index (χ3v) is 8.73. The highest BCUT2D eigenvalue weighted by molar-refractivity contribution is 6.32. The zero-order valence-corrected chi connectivity index (χ0v) is 22.1. The van der Waals surface area contributed by atoms with Crippen LogP contribution in [0.2, 0.25) is 0 Å². The van der Waals surface area contributed by atoms with Crippen molar-refractivity contribution in [2.75, 3.05) is 4.90 Å². The zero-order valence-electron chi connectivity index (χ0n) is 22.1. The van der Waals surface area contributed by atoms with Gasteiger partial charge in [0.15, 0.2) is 17.3 Å². The van der Waals surface area contributed by atoms with Crippen LogP contribution in [-0.2, 0) is 0 Å². The minimum Gasteiger partial charge on any atom is -0.352 e. The molecule has 2 aliphatic heterocycles. The molecule has 0 N–H and O–H groups in total. The van der Waals surface area contributed by atoms with E-state index in [0.29, 0.717) is 22.3 Å². The third kappa shape index (κ3) is 3.35. The maximum atomic E-state index is 14.6. The lowest BCUT2D eigenvalue weighted by atomic mass is 9.64. The fourth-order valence-electron chi connectivity index (χ4n) is 7.05. The Bertz CT molecular complexity index is 1790.